The molecule has 0 aliphatic carbocycles. The summed E-state index contributed by atoms with van der Waals surface area (Å²) in [6.45, 7) is 7.79. The summed E-state index contributed by atoms with van der Waals surface area (Å²) in [7, 11) is 0. The first-order chi connectivity index (χ1) is 9.21. The highest BCUT2D eigenvalue weighted by molar-refractivity contribution is 5.40. The van der Waals surface area contributed by atoms with Gasteiger partial charge in [0.2, 0.25) is 0 Å². The van der Waals surface area contributed by atoms with Crippen LogP contribution >= 0.6 is 0 Å². The lowest BCUT2D eigenvalue weighted by Gasteiger charge is -2.17. The minimum absolute atomic E-state index is 0.0315. The molecule has 0 spiro atoms. The van der Waals surface area contributed by atoms with E-state index in [2.05, 4.69) is 0 Å². The van der Waals surface area contributed by atoms with Crippen molar-refractivity contribution >= 4 is 0 Å². The Kier molecular flexibility index (Phi) is 5.87. The molecule has 1 aromatic rings. The van der Waals surface area contributed by atoms with Crippen molar-refractivity contribution in [2.45, 2.75) is 45.9 Å². The molecule has 1 aromatic carbocycles. The van der Waals surface area contributed by atoms with Crippen molar-refractivity contribution in [3.8, 4) is 5.75 Å². The summed E-state index contributed by atoms with van der Waals surface area (Å²) >= 11 is 0. The van der Waals surface area contributed by atoms with Gasteiger partial charge in [-0.1, -0.05) is 19.9 Å². The van der Waals surface area contributed by atoms with Gasteiger partial charge in [-0.05, 0) is 37.5 Å². The molecule has 0 amide bonds. The molecule has 0 aliphatic heterocycles. The van der Waals surface area contributed by atoms with Crippen molar-refractivity contribution in [1.29, 1.82) is 0 Å². The fourth-order valence-electron chi connectivity index (χ4n) is 1.69. The largest absolute Gasteiger partial charge is 0.491 e. The molecule has 0 atom stereocenters. The first kappa shape index (κ1) is 16.8. The van der Waals surface area contributed by atoms with E-state index in [9.17, 15) is 13.2 Å². The molecule has 0 N–H and O–H groups in total. The average molecular weight is 290 g/mol. The third-order valence-corrected chi connectivity index (χ3v) is 2.77. The molecule has 5 heteroatoms. The van der Waals surface area contributed by atoms with Crippen LogP contribution in [-0.2, 0) is 10.9 Å². The monoisotopic (exact) mass is 290 g/mol. The Labute approximate surface area is 117 Å². The van der Waals surface area contributed by atoms with E-state index < -0.39 is 11.7 Å². The van der Waals surface area contributed by atoms with Crippen molar-refractivity contribution in [2.75, 3.05) is 13.2 Å². The Morgan fingerprint density at radius 1 is 1.05 bits per heavy atom. The number of alkyl halides is 3. The van der Waals surface area contributed by atoms with Crippen LogP contribution in [0.5, 0.6) is 5.75 Å². The lowest BCUT2D eigenvalue weighted by Crippen LogP contribution is -2.14. The average Bonchev–Trinajstić information content (AvgIpc) is 2.33. The predicted octanol–water partition coefficient (Wildman–Crippen LogP) is 4.63. The van der Waals surface area contributed by atoms with Gasteiger partial charge < -0.3 is 9.47 Å². The van der Waals surface area contributed by atoms with E-state index in [0.717, 1.165) is 6.07 Å². The third-order valence-electron chi connectivity index (χ3n) is 2.77. The summed E-state index contributed by atoms with van der Waals surface area (Å²) in [5.41, 5.74) is -0.0867. The Morgan fingerprint density at radius 3 is 2.20 bits per heavy atom. The van der Waals surface area contributed by atoms with Gasteiger partial charge in [-0.25, -0.2) is 0 Å². The molecule has 0 saturated carbocycles. The quantitative estimate of drug-likeness (QED) is 0.711. The number of benzene rings is 1. The predicted molar refractivity (Wildman–Crippen MR) is 72.1 cm³/mol. The van der Waals surface area contributed by atoms with Gasteiger partial charge in [0.05, 0.1) is 18.3 Å². The summed E-state index contributed by atoms with van der Waals surface area (Å²) in [5, 5.41) is 0. The zero-order chi connectivity index (χ0) is 15.3. The molecule has 2 nitrogen and oxygen atoms in total. The maximum absolute atomic E-state index is 13.0. The van der Waals surface area contributed by atoms with E-state index in [1.54, 1.807) is 6.07 Å². The van der Waals surface area contributed by atoms with E-state index in [1.807, 2.05) is 27.7 Å². The van der Waals surface area contributed by atoms with Crippen LogP contribution in [0, 0.1) is 0 Å². The summed E-state index contributed by atoms with van der Waals surface area (Å²) in [6, 6.07) is 4.20. The first-order valence-corrected chi connectivity index (χ1v) is 6.67. The molecule has 0 fully saturated rings. The van der Waals surface area contributed by atoms with Crippen LogP contribution in [0.2, 0.25) is 0 Å². The van der Waals surface area contributed by atoms with Gasteiger partial charge in [-0.15, -0.1) is 0 Å². The number of rotatable bonds is 6. The molecule has 0 heterocycles. The number of hydrogen-bond donors (Lipinski definition) is 0. The summed E-state index contributed by atoms with van der Waals surface area (Å²) in [4.78, 5) is 0. The molecule has 20 heavy (non-hydrogen) atoms. The van der Waals surface area contributed by atoms with E-state index in [1.165, 1.54) is 6.07 Å². The maximum atomic E-state index is 13.0. The van der Waals surface area contributed by atoms with Gasteiger partial charge >= 0.3 is 6.18 Å². The highest BCUT2D eigenvalue weighted by atomic mass is 19.4. The fraction of sp³-hybridized carbons (Fsp3) is 0.600. The molecule has 0 radical (unpaired) electrons. The van der Waals surface area contributed by atoms with Crippen molar-refractivity contribution in [3.63, 3.8) is 0 Å². The molecule has 0 saturated heterocycles. The van der Waals surface area contributed by atoms with Gasteiger partial charge in [0.15, 0.2) is 0 Å². The van der Waals surface area contributed by atoms with Crippen LogP contribution in [0.4, 0.5) is 13.2 Å². The van der Waals surface area contributed by atoms with Gasteiger partial charge in [0.1, 0.15) is 12.4 Å². The SMILES string of the molecule is CC(C)OCCOc1ccc(C(C)C)cc1C(F)(F)F. The van der Waals surface area contributed by atoms with E-state index in [4.69, 9.17) is 9.47 Å². The second-order valence-corrected chi connectivity index (χ2v) is 5.18. The molecule has 1 rings (SSSR count). The summed E-state index contributed by atoms with van der Waals surface area (Å²) in [5.74, 6) is -0.108. The highest BCUT2D eigenvalue weighted by Crippen LogP contribution is 2.37. The normalized spacial score (nSPS) is 12.2. The van der Waals surface area contributed by atoms with Crippen molar-refractivity contribution in [3.05, 3.63) is 29.3 Å². The Hall–Kier alpha value is -1.23. The van der Waals surface area contributed by atoms with Crippen LogP contribution in [0.3, 0.4) is 0 Å². The standard InChI is InChI=1S/C15H21F3O2/c1-10(2)12-5-6-14(13(9-12)15(16,17)18)20-8-7-19-11(3)4/h5-6,9-11H,7-8H2,1-4H3. The van der Waals surface area contributed by atoms with Crippen LogP contribution in [-0.4, -0.2) is 19.3 Å². The third kappa shape index (κ3) is 5.04. The molecule has 0 aromatic heterocycles. The van der Waals surface area contributed by atoms with Gasteiger partial charge in [-0.2, -0.15) is 13.2 Å². The molecule has 0 aliphatic rings. The zero-order valence-corrected chi connectivity index (χ0v) is 12.3. The topological polar surface area (TPSA) is 18.5 Å². The fourth-order valence-corrected chi connectivity index (χ4v) is 1.69. The van der Waals surface area contributed by atoms with Gasteiger partial charge in [0.25, 0.3) is 0 Å². The first-order valence-electron chi connectivity index (χ1n) is 6.67. The number of ether oxygens (including phenoxy) is 2. The zero-order valence-electron chi connectivity index (χ0n) is 12.3. The van der Waals surface area contributed by atoms with Crippen LogP contribution in [0.15, 0.2) is 18.2 Å². The lowest BCUT2D eigenvalue weighted by atomic mass is 10.00. The van der Waals surface area contributed by atoms with E-state index >= 15 is 0 Å². The Morgan fingerprint density at radius 2 is 1.70 bits per heavy atom. The molecular formula is C15H21F3O2. The molecule has 0 unspecified atom stereocenters. The van der Waals surface area contributed by atoms with Crippen LogP contribution in [0.25, 0.3) is 0 Å². The summed E-state index contributed by atoms with van der Waals surface area (Å²) < 4.78 is 49.5. The van der Waals surface area contributed by atoms with Crippen LogP contribution in [0.1, 0.15) is 44.7 Å². The van der Waals surface area contributed by atoms with Crippen molar-refractivity contribution in [2.24, 2.45) is 0 Å². The second-order valence-electron chi connectivity index (χ2n) is 5.18. The maximum Gasteiger partial charge on any atom is 0.419 e. The van der Waals surface area contributed by atoms with Crippen molar-refractivity contribution in [1.82, 2.24) is 0 Å². The minimum atomic E-state index is -4.42. The minimum Gasteiger partial charge on any atom is -0.491 e. The summed E-state index contributed by atoms with van der Waals surface area (Å²) in [6.07, 6.45) is -4.39. The number of hydrogen-bond acceptors (Lipinski definition) is 2. The molecule has 114 valence electrons. The molecule has 0 bridgehead atoms. The van der Waals surface area contributed by atoms with Gasteiger partial charge in [0, 0.05) is 0 Å². The van der Waals surface area contributed by atoms with E-state index in [-0.39, 0.29) is 31.0 Å². The number of halogens is 3. The van der Waals surface area contributed by atoms with Gasteiger partial charge in [-0.3, -0.25) is 0 Å². The van der Waals surface area contributed by atoms with Crippen LogP contribution < -0.4 is 4.74 Å². The van der Waals surface area contributed by atoms with E-state index in [0.29, 0.717) is 5.56 Å². The second kappa shape index (κ2) is 6.97. The molecular weight excluding hydrogens is 269 g/mol. The smallest absolute Gasteiger partial charge is 0.419 e. The Bertz CT molecular complexity index is 426. The Balaban J connectivity index is 2.84. The highest BCUT2D eigenvalue weighted by Gasteiger charge is 2.34. The lowest BCUT2D eigenvalue weighted by molar-refractivity contribution is -0.139. The van der Waals surface area contributed by atoms with Crippen molar-refractivity contribution < 1.29 is 22.6 Å².